The molecule has 1 aliphatic rings. The molecule has 0 radical (unpaired) electrons. The molecule has 0 N–H and O–H groups in total. The molecule has 2 unspecified atom stereocenters. The lowest BCUT2D eigenvalue weighted by Crippen LogP contribution is -2.43. The van der Waals surface area contributed by atoms with E-state index in [0.717, 1.165) is 12.5 Å². The Bertz CT molecular complexity index is 506. The van der Waals surface area contributed by atoms with Gasteiger partial charge in [-0.1, -0.05) is 22.9 Å². The third kappa shape index (κ3) is 2.96. The van der Waals surface area contributed by atoms with Crippen LogP contribution in [0.3, 0.4) is 0 Å². The average molecular weight is 332 g/mol. The quantitative estimate of drug-likeness (QED) is 0.721. The van der Waals surface area contributed by atoms with Gasteiger partial charge >= 0.3 is 0 Å². The van der Waals surface area contributed by atoms with Gasteiger partial charge in [-0.05, 0) is 30.9 Å². The number of nitrogens with zero attached hydrogens (tertiary/aromatic N) is 1. The van der Waals surface area contributed by atoms with E-state index in [1.165, 1.54) is 13.0 Å². The summed E-state index contributed by atoms with van der Waals surface area (Å²) >= 11 is 3.53. The van der Waals surface area contributed by atoms with Crippen molar-refractivity contribution in [3.05, 3.63) is 34.9 Å². The summed E-state index contributed by atoms with van der Waals surface area (Å²) in [6.07, 6.45) is 0.878. The second-order valence-corrected chi connectivity index (χ2v) is 6.29. The van der Waals surface area contributed by atoms with Gasteiger partial charge in [0.25, 0.3) is 5.91 Å². The molecular formula is C14H16BrF2NO. The summed E-state index contributed by atoms with van der Waals surface area (Å²) in [5.41, 5.74) is 0.235. The van der Waals surface area contributed by atoms with Gasteiger partial charge in [-0.2, -0.15) is 0 Å². The Morgan fingerprint density at radius 1 is 1.37 bits per heavy atom. The number of amides is 1. The lowest BCUT2D eigenvalue weighted by molar-refractivity contribution is 0.0701. The Balaban J connectivity index is 2.23. The van der Waals surface area contributed by atoms with E-state index in [0.29, 0.717) is 19.0 Å². The number of piperidine rings is 1. The SMILES string of the molecule is Cc1cc(C(=O)N2CCC(C)C(Br)C2)c(F)cc1F. The minimum absolute atomic E-state index is 0.0480. The molecule has 2 nitrogen and oxygen atoms in total. The van der Waals surface area contributed by atoms with Crippen LogP contribution >= 0.6 is 15.9 Å². The van der Waals surface area contributed by atoms with Gasteiger partial charge in [-0.15, -0.1) is 0 Å². The number of carbonyl (C=O) groups is 1. The second-order valence-electron chi connectivity index (χ2n) is 5.11. The average Bonchev–Trinajstić information content (AvgIpc) is 2.36. The molecule has 1 fully saturated rings. The van der Waals surface area contributed by atoms with Gasteiger partial charge in [-0.3, -0.25) is 4.79 Å². The number of likely N-dealkylation sites (tertiary alicyclic amines) is 1. The number of hydrogen-bond donors (Lipinski definition) is 0. The van der Waals surface area contributed by atoms with Crippen LogP contribution in [-0.2, 0) is 0 Å². The van der Waals surface area contributed by atoms with E-state index >= 15 is 0 Å². The molecule has 0 aliphatic carbocycles. The zero-order chi connectivity index (χ0) is 14.2. The summed E-state index contributed by atoms with van der Waals surface area (Å²) < 4.78 is 26.9. The summed E-state index contributed by atoms with van der Waals surface area (Å²) in [5, 5.41) is 0. The Morgan fingerprint density at radius 2 is 2.05 bits per heavy atom. The Hall–Kier alpha value is -0.970. The number of rotatable bonds is 1. The molecule has 104 valence electrons. The van der Waals surface area contributed by atoms with Crippen LogP contribution < -0.4 is 0 Å². The first-order valence-electron chi connectivity index (χ1n) is 6.29. The van der Waals surface area contributed by atoms with Crippen LogP contribution in [0.25, 0.3) is 0 Å². The minimum atomic E-state index is -0.794. The van der Waals surface area contributed by atoms with Crippen LogP contribution in [0.5, 0.6) is 0 Å². The van der Waals surface area contributed by atoms with Crippen molar-refractivity contribution in [2.24, 2.45) is 5.92 Å². The fourth-order valence-corrected chi connectivity index (χ4v) is 2.81. The largest absolute Gasteiger partial charge is 0.337 e. The van der Waals surface area contributed by atoms with E-state index in [-0.39, 0.29) is 21.9 Å². The first-order chi connectivity index (χ1) is 8.90. The molecule has 5 heteroatoms. The Labute approximate surface area is 119 Å². The van der Waals surface area contributed by atoms with Crippen molar-refractivity contribution in [2.45, 2.75) is 25.1 Å². The first kappa shape index (κ1) is 14.4. The molecule has 0 aromatic heterocycles. The van der Waals surface area contributed by atoms with Gasteiger partial charge in [0.15, 0.2) is 0 Å². The second kappa shape index (κ2) is 5.57. The molecule has 1 aliphatic heterocycles. The Kier molecular flexibility index (Phi) is 4.23. The monoisotopic (exact) mass is 331 g/mol. The standard InChI is InChI=1S/C14H16BrF2NO/c1-8-3-4-18(7-11(8)15)14(19)10-5-9(2)12(16)6-13(10)17/h5-6,8,11H,3-4,7H2,1-2H3. The van der Waals surface area contributed by atoms with Crippen LogP contribution in [0.15, 0.2) is 12.1 Å². The van der Waals surface area contributed by atoms with Crippen LogP contribution in [0.4, 0.5) is 8.78 Å². The molecule has 1 aromatic carbocycles. The zero-order valence-corrected chi connectivity index (χ0v) is 12.5. The predicted molar refractivity (Wildman–Crippen MR) is 73.5 cm³/mol. The molecule has 0 bridgehead atoms. The maximum atomic E-state index is 13.7. The summed E-state index contributed by atoms with van der Waals surface area (Å²) in [5.74, 6) is -1.29. The summed E-state index contributed by atoms with van der Waals surface area (Å²) in [4.78, 5) is 14.1. The van der Waals surface area contributed by atoms with Crippen molar-refractivity contribution in [1.82, 2.24) is 4.90 Å². The number of halogens is 3. The van der Waals surface area contributed by atoms with E-state index in [4.69, 9.17) is 0 Å². The maximum absolute atomic E-state index is 13.7. The van der Waals surface area contributed by atoms with Crippen LogP contribution in [0.1, 0.15) is 29.3 Å². The van der Waals surface area contributed by atoms with Crippen molar-refractivity contribution in [3.8, 4) is 0 Å². The smallest absolute Gasteiger partial charge is 0.256 e. The number of carbonyl (C=O) groups excluding carboxylic acids is 1. The van der Waals surface area contributed by atoms with Gasteiger partial charge in [0.2, 0.25) is 0 Å². The van der Waals surface area contributed by atoms with E-state index in [1.54, 1.807) is 4.90 Å². The molecule has 0 saturated carbocycles. The fourth-order valence-electron chi connectivity index (χ4n) is 2.20. The normalized spacial score (nSPS) is 23.5. The van der Waals surface area contributed by atoms with E-state index in [2.05, 4.69) is 22.9 Å². The molecule has 1 heterocycles. The van der Waals surface area contributed by atoms with Crippen molar-refractivity contribution in [1.29, 1.82) is 0 Å². The molecule has 2 rings (SSSR count). The third-order valence-corrected chi connectivity index (χ3v) is 4.82. The van der Waals surface area contributed by atoms with Gasteiger partial charge in [0.1, 0.15) is 11.6 Å². The molecular weight excluding hydrogens is 316 g/mol. The molecule has 1 aromatic rings. The minimum Gasteiger partial charge on any atom is -0.337 e. The lowest BCUT2D eigenvalue weighted by Gasteiger charge is -2.34. The summed E-state index contributed by atoms with van der Waals surface area (Å²) in [6, 6.07) is 2.06. The highest BCUT2D eigenvalue weighted by atomic mass is 79.9. The third-order valence-electron chi connectivity index (χ3n) is 3.63. The van der Waals surface area contributed by atoms with Crippen LogP contribution in [0, 0.1) is 24.5 Å². The highest BCUT2D eigenvalue weighted by Crippen LogP contribution is 2.25. The first-order valence-corrected chi connectivity index (χ1v) is 7.20. The van der Waals surface area contributed by atoms with E-state index in [9.17, 15) is 13.6 Å². The van der Waals surface area contributed by atoms with E-state index in [1.807, 2.05) is 0 Å². The van der Waals surface area contributed by atoms with Gasteiger partial charge in [0, 0.05) is 24.0 Å². The highest BCUT2D eigenvalue weighted by molar-refractivity contribution is 9.09. The highest BCUT2D eigenvalue weighted by Gasteiger charge is 2.29. The fraction of sp³-hybridized carbons (Fsp3) is 0.500. The molecule has 2 atom stereocenters. The maximum Gasteiger partial charge on any atom is 0.256 e. The Morgan fingerprint density at radius 3 is 2.68 bits per heavy atom. The van der Waals surface area contributed by atoms with Gasteiger partial charge < -0.3 is 4.90 Å². The van der Waals surface area contributed by atoms with Crippen molar-refractivity contribution < 1.29 is 13.6 Å². The van der Waals surface area contributed by atoms with Crippen LogP contribution in [0.2, 0.25) is 0 Å². The molecule has 19 heavy (non-hydrogen) atoms. The molecule has 1 saturated heterocycles. The number of benzene rings is 1. The lowest BCUT2D eigenvalue weighted by atomic mass is 9.98. The predicted octanol–water partition coefficient (Wildman–Crippen LogP) is 3.52. The number of alkyl halides is 1. The van der Waals surface area contributed by atoms with Crippen molar-refractivity contribution in [2.75, 3.05) is 13.1 Å². The number of hydrogen-bond acceptors (Lipinski definition) is 1. The summed E-state index contributed by atoms with van der Waals surface area (Å²) in [6.45, 7) is 4.80. The number of aryl methyl sites for hydroxylation is 1. The summed E-state index contributed by atoms with van der Waals surface area (Å²) in [7, 11) is 0. The van der Waals surface area contributed by atoms with Gasteiger partial charge in [-0.25, -0.2) is 8.78 Å². The van der Waals surface area contributed by atoms with Crippen molar-refractivity contribution >= 4 is 21.8 Å². The van der Waals surface area contributed by atoms with Crippen molar-refractivity contribution in [3.63, 3.8) is 0 Å². The molecule has 0 spiro atoms. The van der Waals surface area contributed by atoms with Gasteiger partial charge in [0.05, 0.1) is 5.56 Å². The topological polar surface area (TPSA) is 20.3 Å². The zero-order valence-electron chi connectivity index (χ0n) is 10.9. The van der Waals surface area contributed by atoms with Crippen LogP contribution in [-0.4, -0.2) is 28.7 Å². The van der Waals surface area contributed by atoms with E-state index < -0.39 is 11.6 Å². The molecule has 1 amide bonds.